The Kier molecular flexibility index (Phi) is 10.8. The molecule has 2 unspecified atom stereocenters. The summed E-state index contributed by atoms with van der Waals surface area (Å²) in [6.07, 6.45) is -0.386. The van der Waals surface area contributed by atoms with E-state index in [9.17, 15) is 13.2 Å². The lowest BCUT2D eigenvalue weighted by Gasteiger charge is -2.31. The number of hydrogen-bond acceptors (Lipinski definition) is 3. The topological polar surface area (TPSA) is 54.9 Å². The Morgan fingerprint density at radius 3 is 2.61 bits per heavy atom. The minimum absolute atomic E-state index is 0. The van der Waals surface area contributed by atoms with E-state index in [-0.39, 0.29) is 49.0 Å². The van der Waals surface area contributed by atoms with Gasteiger partial charge in [-0.25, -0.2) is 0 Å². The van der Waals surface area contributed by atoms with Crippen LogP contribution in [0.2, 0.25) is 0 Å². The summed E-state index contributed by atoms with van der Waals surface area (Å²) >= 11 is 0. The third-order valence-electron chi connectivity index (χ3n) is 5.81. The van der Waals surface area contributed by atoms with Gasteiger partial charge in [0.1, 0.15) is 0 Å². The smallest absolute Gasteiger partial charge is 0.381 e. The average molecular weight is 555 g/mol. The first kappa shape index (κ1) is 26.2. The molecule has 2 fully saturated rings. The molecule has 2 aliphatic rings. The van der Waals surface area contributed by atoms with Crippen molar-refractivity contribution < 1.29 is 22.6 Å². The van der Waals surface area contributed by atoms with E-state index >= 15 is 0 Å². The van der Waals surface area contributed by atoms with Gasteiger partial charge in [0.25, 0.3) is 0 Å². The highest BCUT2D eigenvalue weighted by Crippen LogP contribution is 2.37. The summed E-state index contributed by atoms with van der Waals surface area (Å²) in [5.41, 5.74) is 2.17. The Morgan fingerprint density at radius 2 is 1.90 bits per heavy atom. The minimum Gasteiger partial charge on any atom is -0.381 e. The molecule has 1 aliphatic carbocycles. The molecule has 176 valence electrons. The Morgan fingerprint density at radius 1 is 1.16 bits per heavy atom. The van der Waals surface area contributed by atoms with Gasteiger partial charge >= 0.3 is 6.18 Å². The van der Waals surface area contributed by atoms with E-state index in [2.05, 4.69) is 21.7 Å². The van der Waals surface area contributed by atoms with Crippen LogP contribution in [0, 0.1) is 5.92 Å². The van der Waals surface area contributed by atoms with E-state index in [1.807, 2.05) is 18.2 Å². The van der Waals surface area contributed by atoms with Crippen molar-refractivity contribution in [3.63, 3.8) is 0 Å². The van der Waals surface area contributed by atoms with Gasteiger partial charge in [0, 0.05) is 32.8 Å². The fourth-order valence-electron chi connectivity index (χ4n) is 4.08. The van der Waals surface area contributed by atoms with E-state index in [0.717, 1.165) is 43.6 Å². The fraction of sp³-hybridized carbons (Fsp3) is 0.682. The highest BCUT2D eigenvalue weighted by molar-refractivity contribution is 14.0. The van der Waals surface area contributed by atoms with Crippen molar-refractivity contribution in [3.8, 4) is 0 Å². The van der Waals surface area contributed by atoms with Gasteiger partial charge in [-0.1, -0.05) is 30.7 Å². The maximum atomic E-state index is 13.0. The maximum Gasteiger partial charge on any atom is 0.391 e. The van der Waals surface area contributed by atoms with Gasteiger partial charge in [0.15, 0.2) is 5.96 Å². The van der Waals surface area contributed by atoms with Gasteiger partial charge in [0.05, 0.1) is 18.6 Å². The zero-order valence-corrected chi connectivity index (χ0v) is 20.2. The van der Waals surface area contributed by atoms with Gasteiger partial charge in [0.2, 0.25) is 0 Å². The van der Waals surface area contributed by atoms with E-state index in [1.165, 1.54) is 0 Å². The summed E-state index contributed by atoms with van der Waals surface area (Å²) in [6, 6.07) is 7.91. The van der Waals surface area contributed by atoms with Crippen molar-refractivity contribution in [2.24, 2.45) is 10.9 Å². The van der Waals surface area contributed by atoms with Crippen molar-refractivity contribution in [2.45, 2.75) is 70.0 Å². The molecule has 5 nitrogen and oxygen atoms in total. The first-order valence-electron chi connectivity index (χ1n) is 10.7. The number of ether oxygens (including phenoxy) is 2. The van der Waals surface area contributed by atoms with Crippen molar-refractivity contribution in [3.05, 3.63) is 35.4 Å². The molecule has 0 bridgehead atoms. The van der Waals surface area contributed by atoms with Crippen LogP contribution in [-0.2, 0) is 22.6 Å². The number of benzene rings is 1. The van der Waals surface area contributed by atoms with E-state index in [0.29, 0.717) is 25.5 Å². The Balaban J connectivity index is 0.00000341. The molecule has 0 spiro atoms. The highest BCUT2D eigenvalue weighted by atomic mass is 127. The molecule has 1 aromatic carbocycles. The van der Waals surface area contributed by atoms with Crippen molar-refractivity contribution in [2.75, 3.05) is 20.3 Å². The number of hydrogen-bond donors (Lipinski definition) is 2. The quantitative estimate of drug-likeness (QED) is 0.302. The normalized spacial score (nSPS) is 23.2. The molecule has 0 aromatic heterocycles. The van der Waals surface area contributed by atoms with Crippen LogP contribution in [0.3, 0.4) is 0 Å². The summed E-state index contributed by atoms with van der Waals surface area (Å²) in [5, 5.41) is 6.38. The summed E-state index contributed by atoms with van der Waals surface area (Å²) in [7, 11) is 1.64. The molecule has 2 atom stereocenters. The summed E-state index contributed by atoms with van der Waals surface area (Å²) < 4.78 is 50.4. The third-order valence-corrected chi connectivity index (χ3v) is 5.81. The van der Waals surface area contributed by atoms with Gasteiger partial charge < -0.3 is 20.1 Å². The lowest BCUT2D eigenvalue weighted by atomic mass is 9.85. The molecule has 1 saturated carbocycles. The van der Waals surface area contributed by atoms with Crippen LogP contribution < -0.4 is 10.6 Å². The Bertz CT molecular complexity index is 697. The molecule has 0 radical (unpaired) electrons. The maximum absolute atomic E-state index is 13.0. The fourth-order valence-corrected chi connectivity index (χ4v) is 4.08. The first-order valence-corrected chi connectivity index (χ1v) is 10.7. The molecular formula is C22H33F3IN3O2. The third kappa shape index (κ3) is 8.76. The predicted molar refractivity (Wildman–Crippen MR) is 126 cm³/mol. The first-order chi connectivity index (χ1) is 14.4. The molecule has 3 rings (SSSR count). The highest BCUT2D eigenvalue weighted by Gasteiger charge is 2.42. The standard InChI is InChI=1S/C22H32F3N3O2.HI/c1-26-21(28-19-7-3-6-18(13-19)22(23,24)25)27-14-16-4-2-5-17(12-16)15-30-20-8-10-29-11-9-20;/h2,4-5,12,18-20H,3,6-11,13-15H2,1H3,(H2,26,27,28);1H. The van der Waals surface area contributed by atoms with Gasteiger partial charge in [-0.15, -0.1) is 24.0 Å². The zero-order valence-electron chi connectivity index (χ0n) is 17.9. The molecule has 1 aromatic rings. The zero-order chi connectivity index (χ0) is 21.4. The number of nitrogens with one attached hydrogen (secondary N) is 2. The number of halogens is 4. The molecular weight excluding hydrogens is 522 g/mol. The molecule has 1 heterocycles. The van der Waals surface area contributed by atoms with E-state index in [4.69, 9.17) is 9.47 Å². The second-order valence-electron chi connectivity index (χ2n) is 8.11. The summed E-state index contributed by atoms with van der Waals surface area (Å²) in [4.78, 5) is 4.18. The molecule has 31 heavy (non-hydrogen) atoms. The molecule has 0 amide bonds. The van der Waals surface area contributed by atoms with Crippen molar-refractivity contribution in [1.29, 1.82) is 0 Å². The van der Waals surface area contributed by atoms with Crippen molar-refractivity contribution in [1.82, 2.24) is 10.6 Å². The Labute approximate surface area is 199 Å². The van der Waals surface area contributed by atoms with Crippen molar-refractivity contribution >= 4 is 29.9 Å². The molecule has 1 saturated heterocycles. The number of alkyl halides is 3. The lowest BCUT2D eigenvalue weighted by molar-refractivity contribution is -0.183. The number of aliphatic imine (C=N–C) groups is 1. The van der Waals surface area contributed by atoms with Crippen LogP contribution in [0.1, 0.15) is 49.7 Å². The number of rotatable bonds is 6. The SMILES string of the molecule is CN=C(NCc1cccc(COC2CCOCC2)c1)NC1CCCC(C(F)(F)F)C1.I. The molecule has 2 N–H and O–H groups in total. The average Bonchev–Trinajstić information content (AvgIpc) is 2.76. The van der Waals surface area contributed by atoms with Crippen LogP contribution in [0.15, 0.2) is 29.3 Å². The summed E-state index contributed by atoms with van der Waals surface area (Å²) in [6.45, 7) is 2.61. The van der Waals surface area contributed by atoms with Crippen LogP contribution in [0.25, 0.3) is 0 Å². The van der Waals surface area contributed by atoms with Gasteiger partial charge in [-0.05, 0) is 43.2 Å². The lowest BCUT2D eigenvalue weighted by Crippen LogP contribution is -2.46. The number of nitrogens with zero attached hydrogens (tertiary/aromatic N) is 1. The van der Waals surface area contributed by atoms with Gasteiger partial charge in [-0.3, -0.25) is 4.99 Å². The predicted octanol–water partition coefficient (Wildman–Crippen LogP) is 4.79. The van der Waals surface area contributed by atoms with E-state index < -0.39 is 12.1 Å². The minimum atomic E-state index is -4.12. The molecule has 1 aliphatic heterocycles. The van der Waals surface area contributed by atoms with E-state index in [1.54, 1.807) is 7.05 Å². The number of guanidine groups is 1. The van der Waals surface area contributed by atoms with Crippen LogP contribution >= 0.6 is 24.0 Å². The van der Waals surface area contributed by atoms with Gasteiger partial charge in [-0.2, -0.15) is 13.2 Å². The second kappa shape index (κ2) is 12.8. The monoisotopic (exact) mass is 555 g/mol. The second-order valence-corrected chi connectivity index (χ2v) is 8.11. The Hall–Kier alpha value is -1.07. The largest absolute Gasteiger partial charge is 0.391 e. The van der Waals surface area contributed by atoms with Crippen LogP contribution in [0.4, 0.5) is 13.2 Å². The van der Waals surface area contributed by atoms with Crippen LogP contribution in [-0.4, -0.2) is 44.5 Å². The summed E-state index contributed by atoms with van der Waals surface area (Å²) in [5.74, 6) is -0.694. The van der Waals surface area contributed by atoms with Crippen LogP contribution in [0.5, 0.6) is 0 Å². The molecule has 9 heteroatoms.